The highest BCUT2D eigenvalue weighted by molar-refractivity contribution is 5.66. The van der Waals surface area contributed by atoms with Crippen molar-refractivity contribution in [1.29, 1.82) is 0 Å². The first kappa shape index (κ1) is 19.8. The summed E-state index contributed by atoms with van der Waals surface area (Å²) in [7, 11) is 0. The first-order chi connectivity index (χ1) is 11.7. The zero-order valence-electron chi connectivity index (χ0n) is 16.0. The predicted octanol–water partition coefficient (Wildman–Crippen LogP) is 6.82. The zero-order chi connectivity index (χ0) is 17.2. The van der Waals surface area contributed by atoms with Crippen molar-refractivity contribution < 1.29 is 9.90 Å². The van der Waals surface area contributed by atoms with E-state index in [0.29, 0.717) is 6.42 Å². The second-order valence-electron chi connectivity index (χ2n) is 8.84. The molecule has 24 heavy (non-hydrogen) atoms. The monoisotopic (exact) mass is 336 g/mol. The molecule has 2 aliphatic rings. The Morgan fingerprint density at radius 2 is 1.25 bits per heavy atom. The molecule has 0 bridgehead atoms. The third-order valence-corrected chi connectivity index (χ3v) is 6.55. The number of carboxylic acids is 1. The maximum absolute atomic E-state index is 10.4. The minimum atomic E-state index is -0.644. The lowest BCUT2D eigenvalue weighted by Crippen LogP contribution is -2.31. The van der Waals surface area contributed by atoms with Crippen LogP contribution in [0.2, 0.25) is 0 Å². The van der Waals surface area contributed by atoms with Crippen molar-refractivity contribution in [2.45, 2.75) is 110 Å². The van der Waals surface area contributed by atoms with Gasteiger partial charge in [-0.15, -0.1) is 0 Å². The van der Waals surface area contributed by atoms with E-state index in [4.69, 9.17) is 5.11 Å². The van der Waals surface area contributed by atoms with Crippen LogP contribution < -0.4 is 0 Å². The normalized spacial score (nSPS) is 29.0. The SMILES string of the molecule is CCCCC[C@H]1C[C@@H](CC2CC(CCCCCCCC(=O)O)C2)C1. The standard InChI is InChI=1S/C22H40O2/c1-2-3-7-10-18-13-20(14-18)17-21-15-19(16-21)11-8-5-4-6-9-12-22(23)24/h18-21H,2-17H2,1H3,(H,23,24)/t18-,19?,20+,21?. The van der Waals surface area contributed by atoms with E-state index < -0.39 is 5.97 Å². The van der Waals surface area contributed by atoms with Gasteiger partial charge in [0.1, 0.15) is 0 Å². The third-order valence-electron chi connectivity index (χ3n) is 6.55. The Morgan fingerprint density at radius 1 is 0.750 bits per heavy atom. The lowest BCUT2D eigenvalue weighted by Gasteiger charge is -2.43. The van der Waals surface area contributed by atoms with E-state index >= 15 is 0 Å². The van der Waals surface area contributed by atoms with Crippen LogP contribution in [0.15, 0.2) is 0 Å². The molecule has 0 aromatic heterocycles. The summed E-state index contributed by atoms with van der Waals surface area (Å²) in [5.74, 6) is 3.60. The van der Waals surface area contributed by atoms with Gasteiger partial charge in [-0.05, 0) is 62.2 Å². The van der Waals surface area contributed by atoms with Crippen molar-refractivity contribution >= 4 is 5.97 Å². The molecule has 0 aromatic rings. The van der Waals surface area contributed by atoms with E-state index in [1.165, 1.54) is 70.6 Å². The van der Waals surface area contributed by atoms with Gasteiger partial charge in [-0.3, -0.25) is 4.79 Å². The van der Waals surface area contributed by atoms with E-state index in [-0.39, 0.29) is 0 Å². The predicted molar refractivity (Wildman–Crippen MR) is 101 cm³/mol. The van der Waals surface area contributed by atoms with Crippen LogP contribution in [0, 0.1) is 23.7 Å². The van der Waals surface area contributed by atoms with Crippen molar-refractivity contribution in [3.05, 3.63) is 0 Å². The summed E-state index contributed by atoms with van der Waals surface area (Å²) in [6.07, 6.45) is 21.1. The van der Waals surface area contributed by atoms with Gasteiger partial charge in [0.25, 0.3) is 0 Å². The summed E-state index contributed by atoms with van der Waals surface area (Å²) >= 11 is 0. The van der Waals surface area contributed by atoms with E-state index in [2.05, 4.69) is 6.92 Å². The number of hydrogen-bond acceptors (Lipinski definition) is 1. The Kier molecular flexibility index (Phi) is 9.20. The highest BCUT2D eigenvalue weighted by atomic mass is 16.4. The fraction of sp³-hybridized carbons (Fsp3) is 0.955. The molecule has 0 spiro atoms. The van der Waals surface area contributed by atoms with Gasteiger partial charge in [0, 0.05) is 6.42 Å². The first-order valence-electron chi connectivity index (χ1n) is 10.9. The Labute approximate surface area is 149 Å². The lowest BCUT2D eigenvalue weighted by atomic mass is 9.63. The molecule has 1 N–H and O–H groups in total. The minimum absolute atomic E-state index is 0.352. The molecular weight excluding hydrogens is 296 g/mol. The van der Waals surface area contributed by atoms with Crippen molar-refractivity contribution in [3.63, 3.8) is 0 Å². The molecule has 140 valence electrons. The molecule has 2 nitrogen and oxygen atoms in total. The quantitative estimate of drug-likeness (QED) is 0.353. The highest BCUT2D eigenvalue weighted by Crippen LogP contribution is 2.47. The van der Waals surface area contributed by atoms with Crippen LogP contribution in [0.3, 0.4) is 0 Å². The van der Waals surface area contributed by atoms with Gasteiger partial charge in [0.15, 0.2) is 0 Å². The summed E-state index contributed by atoms with van der Waals surface area (Å²) in [4.78, 5) is 10.4. The van der Waals surface area contributed by atoms with Crippen molar-refractivity contribution in [2.24, 2.45) is 23.7 Å². The Bertz CT molecular complexity index is 340. The molecule has 0 saturated heterocycles. The van der Waals surface area contributed by atoms with Crippen molar-refractivity contribution in [2.75, 3.05) is 0 Å². The number of aliphatic carboxylic acids is 1. The molecule has 0 atom stereocenters. The fourth-order valence-electron chi connectivity index (χ4n) is 5.00. The van der Waals surface area contributed by atoms with E-state index in [1.807, 2.05) is 0 Å². The topological polar surface area (TPSA) is 37.3 Å². The lowest BCUT2D eigenvalue weighted by molar-refractivity contribution is -0.137. The molecule has 2 fully saturated rings. The Morgan fingerprint density at radius 3 is 1.79 bits per heavy atom. The maximum atomic E-state index is 10.4. The summed E-state index contributed by atoms with van der Waals surface area (Å²) in [5, 5.41) is 8.60. The van der Waals surface area contributed by atoms with Gasteiger partial charge in [0.2, 0.25) is 0 Å². The Hall–Kier alpha value is -0.530. The van der Waals surface area contributed by atoms with Crippen LogP contribution >= 0.6 is 0 Å². The zero-order valence-corrected chi connectivity index (χ0v) is 16.0. The number of rotatable bonds is 14. The van der Waals surface area contributed by atoms with E-state index in [1.54, 1.807) is 12.8 Å². The van der Waals surface area contributed by atoms with Gasteiger partial charge < -0.3 is 5.11 Å². The third kappa shape index (κ3) is 7.57. The van der Waals surface area contributed by atoms with Gasteiger partial charge in [0.05, 0.1) is 0 Å². The second kappa shape index (κ2) is 11.2. The maximum Gasteiger partial charge on any atom is 0.303 e. The smallest absolute Gasteiger partial charge is 0.303 e. The molecule has 2 heteroatoms. The molecule has 0 radical (unpaired) electrons. The molecule has 2 saturated carbocycles. The van der Waals surface area contributed by atoms with Crippen molar-refractivity contribution in [1.82, 2.24) is 0 Å². The second-order valence-corrected chi connectivity index (χ2v) is 8.84. The van der Waals surface area contributed by atoms with Crippen LogP contribution in [0.1, 0.15) is 110 Å². The first-order valence-corrected chi connectivity index (χ1v) is 10.9. The summed E-state index contributed by atoms with van der Waals surface area (Å²) in [6, 6.07) is 0. The van der Waals surface area contributed by atoms with Gasteiger partial charge in [-0.1, -0.05) is 64.7 Å². The molecule has 0 aromatic carbocycles. The molecule has 2 rings (SSSR count). The average Bonchev–Trinajstić information content (AvgIpc) is 2.47. The van der Waals surface area contributed by atoms with Gasteiger partial charge in [-0.2, -0.15) is 0 Å². The number of unbranched alkanes of at least 4 members (excludes halogenated alkanes) is 6. The highest BCUT2D eigenvalue weighted by Gasteiger charge is 2.35. The minimum Gasteiger partial charge on any atom is -0.481 e. The summed E-state index contributed by atoms with van der Waals surface area (Å²) < 4.78 is 0. The molecule has 0 amide bonds. The molecule has 2 aliphatic carbocycles. The summed E-state index contributed by atoms with van der Waals surface area (Å²) in [6.45, 7) is 2.30. The number of hydrogen-bond donors (Lipinski definition) is 1. The van der Waals surface area contributed by atoms with Gasteiger partial charge >= 0.3 is 5.97 Å². The van der Waals surface area contributed by atoms with Crippen LogP contribution in [0.25, 0.3) is 0 Å². The van der Waals surface area contributed by atoms with Crippen LogP contribution in [-0.2, 0) is 4.79 Å². The molecule has 0 heterocycles. The molecule has 0 aliphatic heterocycles. The van der Waals surface area contributed by atoms with Crippen molar-refractivity contribution in [3.8, 4) is 0 Å². The molecular formula is C22H40O2. The fourth-order valence-corrected chi connectivity index (χ4v) is 5.00. The number of carbonyl (C=O) groups is 1. The molecule has 0 unspecified atom stereocenters. The van der Waals surface area contributed by atoms with Gasteiger partial charge in [-0.25, -0.2) is 0 Å². The number of carboxylic acid groups (broad SMARTS) is 1. The summed E-state index contributed by atoms with van der Waals surface area (Å²) in [5.41, 5.74) is 0. The Balaban J connectivity index is 1.34. The van der Waals surface area contributed by atoms with E-state index in [0.717, 1.165) is 36.5 Å². The largest absolute Gasteiger partial charge is 0.481 e. The van der Waals surface area contributed by atoms with Crippen LogP contribution in [0.5, 0.6) is 0 Å². The average molecular weight is 337 g/mol. The van der Waals surface area contributed by atoms with E-state index in [9.17, 15) is 4.79 Å². The van der Waals surface area contributed by atoms with Crippen LogP contribution in [-0.4, -0.2) is 11.1 Å². The van der Waals surface area contributed by atoms with Crippen LogP contribution in [0.4, 0.5) is 0 Å².